The van der Waals surface area contributed by atoms with Gasteiger partial charge in [0.2, 0.25) is 0 Å². The molecule has 0 aliphatic carbocycles. The molecule has 1 aromatic rings. The first-order chi connectivity index (χ1) is 11.6. The van der Waals surface area contributed by atoms with Crippen LogP contribution >= 0.6 is 15.8 Å². The molecule has 0 heterocycles. The van der Waals surface area contributed by atoms with E-state index >= 15 is 0 Å². The van der Waals surface area contributed by atoms with Crippen LogP contribution in [-0.2, 0) is 17.4 Å². The largest absolute Gasteiger partial charge is 0.196 e. The van der Waals surface area contributed by atoms with E-state index in [1.807, 2.05) is 0 Å². The molecule has 0 spiro atoms. The third kappa shape index (κ3) is 17.2. The topological polar surface area (TPSA) is 0 Å². The van der Waals surface area contributed by atoms with Gasteiger partial charge < -0.3 is 0 Å². The molecule has 4 heteroatoms. The molecule has 0 aliphatic heterocycles. The molecule has 0 aliphatic rings. The Kier molecular flexibility index (Phi) is 20.7. The maximum atomic E-state index is 2.33. The van der Waals surface area contributed by atoms with Gasteiger partial charge in [0, 0.05) is 40.0 Å². The smallest absolute Gasteiger partial charge is 0.0461 e. The molecule has 0 radical (unpaired) electrons. The zero-order valence-electron chi connectivity index (χ0n) is 20.5. The molecule has 0 unspecified atom stereocenters. The van der Waals surface area contributed by atoms with E-state index in [4.69, 9.17) is 0 Å². The van der Waals surface area contributed by atoms with E-state index in [1.165, 1.54) is 27.8 Å². The molecule has 0 fully saturated rings. The minimum absolute atomic E-state index is 0.00412. The van der Waals surface area contributed by atoms with Crippen molar-refractivity contribution in [3.05, 3.63) is 27.8 Å². The first-order valence-corrected chi connectivity index (χ1v) is 21.1. The van der Waals surface area contributed by atoms with Crippen LogP contribution < -0.4 is 0 Å². The Balaban J connectivity index is -0.000000296. The molecular formula is C22H49OsP2Si+. The number of hydrogen-bond donors (Lipinski definition) is 0. The first-order valence-electron chi connectivity index (χ1n) is 9.81. The van der Waals surface area contributed by atoms with Crippen molar-refractivity contribution < 1.29 is 17.4 Å². The van der Waals surface area contributed by atoms with Crippen LogP contribution in [0.15, 0.2) is 0 Å². The Morgan fingerprint density at radius 1 is 0.692 bits per heavy atom. The Morgan fingerprint density at radius 2 is 0.885 bits per heavy atom. The Hall–Kier alpha value is 1.06. The van der Waals surface area contributed by atoms with Crippen LogP contribution in [0.1, 0.15) is 55.5 Å². The van der Waals surface area contributed by atoms with Crippen LogP contribution in [0.2, 0.25) is 11.1 Å². The normalized spacial score (nSPS) is 10.2. The second kappa shape index (κ2) is 17.0. The summed E-state index contributed by atoms with van der Waals surface area (Å²) in [5.41, 5.74) is 9.25. The van der Waals surface area contributed by atoms with Gasteiger partial charge in [-0.15, -0.1) is 0 Å². The molecule has 1 rings (SSSR count). The number of rotatable bonds is 2. The van der Waals surface area contributed by atoms with Gasteiger partial charge in [0.15, 0.2) is 0 Å². The van der Waals surface area contributed by atoms with E-state index in [0.29, 0.717) is 0 Å². The summed E-state index contributed by atoms with van der Waals surface area (Å²) in [5.74, 6) is 0. The number of hydrogen-bond acceptors (Lipinski definition) is 0. The molecule has 158 valence electrons. The Morgan fingerprint density at radius 3 is 0.923 bits per heavy atom. The Labute approximate surface area is 180 Å². The predicted molar refractivity (Wildman–Crippen MR) is 134 cm³/mol. The Bertz CT molecular complexity index is 399. The van der Waals surface area contributed by atoms with Gasteiger partial charge in [-0.25, -0.2) is 0 Å². The van der Waals surface area contributed by atoms with Crippen LogP contribution in [0.4, 0.5) is 0 Å². The summed E-state index contributed by atoms with van der Waals surface area (Å²) in [6, 6.07) is 0. The third-order valence-corrected chi connectivity index (χ3v) is 14.8. The zero-order chi connectivity index (χ0) is 21.8. The van der Waals surface area contributed by atoms with Gasteiger partial charge in [-0.3, -0.25) is 0 Å². The summed E-state index contributed by atoms with van der Waals surface area (Å²) >= 11 is 2.23. The van der Waals surface area contributed by atoms with Crippen molar-refractivity contribution in [3.8, 4) is 0 Å². The molecule has 0 bridgehead atoms. The summed E-state index contributed by atoms with van der Waals surface area (Å²) in [6.45, 7) is 33.9. The van der Waals surface area contributed by atoms with Gasteiger partial charge in [0.05, 0.1) is 0 Å². The quantitative estimate of drug-likeness (QED) is 0.190. The molecule has 0 N–H and O–H groups in total. The van der Waals surface area contributed by atoms with Crippen molar-refractivity contribution in [2.24, 2.45) is 0 Å². The molecule has 0 saturated heterocycles. The van der Waals surface area contributed by atoms with Gasteiger partial charge in [-0.05, 0) is 15.8 Å². The van der Waals surface area contributed by atoms with Gasteiger partial charge >= 0.3 is 62.7 Å². The minimum atomic E-state index is 0.00412. The van der Waals surface area contributed by atoms with Crippen molar-refractivity contribution in [1.29, 1.82) is 0 Å². The molecule has 0 saturated carbocycles. The summed E-state index contributed by atoms with van der Waals surface area (Å²) in [5, 5.41) is 0. The average molecular weight is 594 g/mol. The van der Waals surface area contributed by atoms with Crippen LogP contribution in [0.5, 0.6) is 0 Å². The summed E-state index contributed by atoms with van der Waals surface area (Å²) in [4.78, 5) is 0. The molecule has 0 nitrogen and oxygen atoms in total. The molecule has 0 amide bonds. The SMILES string of the molecule is CC(C)[Si](=[Os])C(C)C.C[PH+](C)C.C[PH+](C)C.Cc1c(C)c(C)[c-](C)c1C. The second-order valence-electron chi connectivity index (χ2n) is 8.81. The fraction of sp³-hybridized carbons (Fsp3) is 0.773. The molecule has 0 atom stereocenters. The minimum Gasteiger partial charge on any atom is -0.196 e. The molecule has 26 heavy (non-hydrogen) atoms. The van der Waals surface area contributed by atoms with Crippen molar-refractivity contribution in [2.75, 3.05) is 40.0 Å². The van der Waals surface area contributed by atoms with E-state index in [2.05, 4.69) is 120 Å². The standard InChI is InChI=1S/C10H15.C6H14Si.2C3H9P.Os/c1-6-7(2)9(4)10(5)8(6)3;1-5(2)7-6(3)4;2*1-4(2)3;/h1-5H3;5-6H,1-4H3;2*1-3H3;/q-1;;;;/p+2. The average Bonchev–Trinajstić information content (AvgIpc) is 2.64. The summed E-state index contributed by atoms with van der Waals surface area (Å²) in [6.07, 6.45) is 0. The van der Waals surface area contributed by atoms with Gasteiger partial charge in [0.1, 0.15) is 0 Å². The maximum Gasteiger partial charge on any atom is 0.0461 e. The fourth-order valence-corrected chi connectivity index (χ4v) is 3.41. The van der Waals surface area contributed by atoms with Crippen LogP contribution in [0.3, 0.4) is 0 Å². The summed E-state index contributed by atoms with van der Waals surface area (Å²) < 4.78 is 0. The van der Waals surface area contributed by atoms with E-state index < -0.39 is 0 Å². The monoisotopic (exact) mass is 595 g/mol. The van der Waals surface area contributed by atoms with Gasteiger partial charge in [-0.2, -0.15) is 27.8 Å². The fourth-order valence-electron chi connectivity index (χ4n) is 2.07. The van der Waals surface area contributed by atoms with Crippen molar-refractivity contribution in [2.45, 2.75) is 73.4 Å². The molecular weight excluding hydrogens is 545 g/mol. The van der Waals surface area contributed by atoms with E-state index in [1.54, 1.807) is 0 Å². The predicted octanol–water partition coefficient (Wildman–Crippen LogP) is 7.47. The zero-order valence-corrected chi connectivity index (χ0v) is 26.0. The third-order valence-electron chi connectivity index (χ3n) is 3.89. The van der Waals surface area contributed by atoms with Gasteiger partial charge in [-0.1, -0.05) is 34.6 Å². The van der Waals surface area contributed by atoms with E-state index in [0.717, 1.165) is 11.1 Å². The van der Waals surface area contributed by atoms with E-state index in [-0.39, 0.29) is 22.3 Å². The van der Waals surface area contributed by atoms with Crippen molar-refractivity contribution in [1.82, 2.24) is 0 Å². The molecule has 0 aromatic heterocycles. The van der Waals surface area contributed by atoms with Crippen molar-refractivity contribution in [3.63, 3.8) is 0 Å². The molecule has 1 aromatic carbocycles. The van der Waals surface area contributed by atoms with Crippen molar-refractivity contribution >= 4 is 22.3 Å². The second-order valence-corrected chi connectivity index (χ2v) is 22.3. The van der Waals surface area contributed by atoms with Gasteiger partial charge in [0.25, 0.3) is 0 Å². The van der Waals surface area contributed by atoms with Crippen LogP contribution in [0.25, 0.3) is 0 Å². The van der Waals surface area contributed by atoms with Crippen LogP contribution in [-0.4, -0.2) is 46.5 Å². The van der Waals surface area contributed by atoms with Crippen LogP contribution in [0, 0.1) is 34.6 Å². The summed E-state index contributed by atoms with van der Waals surface area (Å²) in [7, 11) is 0.241. The first kappa shape index (κ1) is 31.7. The maximum absolute atomic E-state index is 2.33. The van der Waals surface area contributed by atoms with E-state index in [9.17, 15) is 0 Å².